The minimum atomic E-state index is 1.10. The van der Waals surface area contributed by atoms with Gasteiger partial charge < -0.3 is 0 Å². The predicted octanol–water partition coefficient (Wildman–Crippen LogP) is 5.99. The fourth-order valence-electron chi connectivity index (χ4n) is 2.34. The number of hydrogen-bond donors (Lipinski definition) is 0. The number of aryl methyl sites for hydroxylation is 1. The van der Waals surface area contributed by atoms with Gasteiger partial charge in [0, 0.05) is 0 Å². The van der Waals surface area contributed by atoms with E-state index in [0.29, 0.717) is 0 Å². The smallest absolute Gasteiger partial charge is 0.0105 e. The fourth-order valence-corrected chi connectivity index (χ4v) is 2.34. The second-order valence-corrected chi connectivity index (χ2v) is 5.14. The molecule has 0 fully saturated rings. The molecule has 2 aromatic rings. The van der Waals surface area contributed by atoms with Crippen LogP contribution in [0, 0.1) is 6.92 Å². The molecule has 98 valence electrons. The molecule has 0 bridgehead atoms. The zero-order valence-electron chi connectivity index (χ0n) is 12.3. The van der Waals surface area contributed by atoms with Crippen molar-refractivity contribution in [2.45, 2.75) is 34.1 Å². The monoisotopic (exact) mass is 250 g/mol. The first kappa shape index (κ1) is 13.6. The zero-order chi connectivity index (χ0) is 13.8. The molecule has 0 atom stereocenters. The van der Waals surface area contributed by atoms with Crippen LogP contribution in [-0.2, 0) is 0 Å². The summed E-state index contributed by atoms with van der Waals surface area (Å²) in [6, 6.07) is 11.1. The lowest BCUT2D eigenvalue weighted by molar-refractivity contribution is 1.11. The molecular weight excluding hydrogens is 228 g/mol. The Morgan fingerprint density at radius 1 is 1.16 bits per heavy atom. The van der Waals surface area contributed by atoms with E-state index < -0.39 is 0 Å². The van der Waals surface area contributed by atoms with E-state index in [1.807, 2.05) is 0 Å². The van der Waals surface area contributed by atoms with Gasteiger partial charge in [-0.3, -0.25) is 0 Å². The minimum Gasteiger partial charge on any atom is -0.0870 e. The highest BCUT2D eigenvalue weighted by Gasteiger charge is 2.04. The minimum absolute atomic E-state index is 1.10. The zero-order valence-corrected chi connectivity index (χ0v) is 12.3. The highest BCUT2D eigenvalue weighted by atomic mass is 14.1. The SMILES string of the molecule is C/C=C\c1c(/C=C(/C)CC)ccc2cc(C)ccc12. The van der Waals surface area contributed by atoms with Crippen molar-refractivity contribution in [1.82, 2.24) is 0 Å². The average Bonchev–Trinajstić information content (AvgIpc) is 2.41. The van der Waals surface area contributed by atoms with Gasteiger partial charge in [-0.25, -0.2) is 0 Å². The second-order valence-electron chi connectivity index (χ2n) is 5.14. The van der Waals surface area contributed by atoms with E-state index in [1.165, 1.54) is 33.0 Å². The molecule has 0 saturated heterocycles. The number of rotatable bonds is 3. The van der Waals surface area contributed by atoms with E-state index >= 15 is 0 Å². The third-order valence-electron chi connectivity index (χ3n) is 3.54. The van der Waals surface area contributed by atoms with E-state index in [2.05, 4.69) is 76.3 Å². The van der Waals surface area contributed by atoms with Crippen molar-refractivity contribution >= 4 is 22.9 Å². The second kappa shape index (κ2) is 5.88. The summed E-state index contributed by atoms with van der Waals surface area (Å²) in [5.74, 6) is 0. The Hall–Kier alpha value is -1.82. The molecule has 0 saturated carbocycles. The molecule has 0 heterocycles. The summed E-state index contributed by atoms with van der Waals surface area (Å²) in [6.45, 7) is 8.61. The van der Waals surface area contributed by atoms with Gasteiger partial charge in [0.2, 0.25) is 0 Å². The lowest BCUT2D eigenvalue weighted by Crippen LogP contribution is -1.86. The molecule has 19 heavy (non-hydrogen) atoms. The van der Waals surface area contributed by atoms with Crippen LogP contribution in [0.3, 0.4) is 0 Å². The highest BCUT2D eigenvalue weighted by Crippen LogP contribution is 2.27. The van der Waals surface area contributed by atoms with E-state index in [-0.39, 0.29) is 0 Å². The Morgan fingerprint density at radius 3 is 2.63 bits per heavy atom. The first-order chi connectivity index (χ1) is 9.15. The third kappa shape index (κ3) is 2.96. The lowest BCUT2D eigenvalue weighted by Gasteiger charge is -2.09. The third-order valence-corrected chi connectivity index (χ3v) is 3.54. The highest BCUT2D eigenvalue weighted by molar-refractivity contribution is 5.94. The summed E-state index contributed by atoms with van der Waals surface area (Å²) in [5, 5.41) is 2.65. The van der Waals surface area contributed by atoms with Gasteiger partial charge in [0.05, 0.1) is 0 Å². The number of hydrogen-bond acceptors (Lipinski definition) is 0. The summed E-state index contributed by atoms with van der Waals surface area (Å²) >= 11 is 0. The molecule has 0 spiro atoms. The Bertz CT molecular complexity index is 642. The van der Waals surface area contributed by atoms with Gasteiger partial charge in [-0.1, -0.05) is 66.6 Å². The van der Waals surface area contributed by atoms with Crippen molar-refractivity contribution in [3.05, 3.63) is 58.7 Å². The van der Waals surface area contributed by atoms with E-state index in [4.69, 9.17) is 0 Å². The van der Waals surface area contributed by atoms with E-state index in [0.717, 1.165) is 6.42 Å². The molecule has 0 aromatic heterocycles. The summed E-state index contributed by atoms with van der Waals surface area (Å²) in [5.41, 5.74) is 5.37. The van der Waals surface area contributed by atoms with Crippen LogP contribution < -0.4 is 0 Å². The van der Waals surface area contributed by atoms with Crippen LogP contribution in [0.2, 0.25) is 0 Å². The van der Waals surface area contributed by atoms with Gasteiger partial charge in [-0.05, 0) is 49.1 Å². The molecule has 0 radical (unpaired) electrons. The summed E-state index contributed by atoms with van der Waals surface area (Å²) < 4.78 is 0. The van der Waals surface area contributed by atoms with Gasteiger partial charge in [-0.15, -0.1) is 0 Å². The van der Waals surface area contributed by atoms with Crippen molar-refractivity contribution in [3.63, 3.8) is 0 Å². The van der Waals surface area contributed by atoms with Gasteiger partial charge >= 0.3 is 0 Å². The van der Waals surface area contributed by atoms with Crippen LogP contribution in [0.1, 0.15) is 43.9 Å². The first-order valence-corrected chi connectivity index (χ1v) is 6.99. The quantitative estimate of drug-likeness (QED) is 0.627. The number of allylic oxidation sites excluding steroid dienone is 2. The van der Waals surface area contributed by atoms with E-state index in [9.17, 15) is 0 Å². The Labute approximate surface area is 116 Å². The largest absolute Gasteiger partial charge is 0.0870 e. The molecular formula is C19H22. The van der Waals surface area contributed by atoms with Gasteiger partial charge in [-0.2, -0.15) is 0 Å². The van der Waals surface area contributed by atoms with E-state index in [1.54, 1.807) is 0 Å². The molecule has 0 nitrogen and oxygen atoms in total. The van der Waals surface area contributed by atoms with Crippen LogP contribution in [-0.4, -0.2) is 0 Å². The Morgan fingerprint density at radius 2 is 1.95 bits per heavy atom. The van der Waals surface area contributed by atoms with Gasteiger partial charge in [0.1, 0.15) is 0 Å². The molecule has 2 aromatic carbocycles. The number of benzene rings is 2. The maximum atomic E-state index is 2.30. The van der Waals surface area contributed by atoms with Crippen LogP contribution in [0.25, 0.3) is 22.9 Å². The molecule has 0 unspecified atom stereocenters. The standard InChI is InChI=1S/C19H22/c1-5-7-18-16(12-14(3)6-2)9-10-17-13-15(4)8-11-19(17)18/h5,7-13H,6H2,1-4H3/b7-5-,14-12-. The van der Waals surface area contributed by atoms with Crippen LogP contribution >= 0.6 is 0 Å². The summed E-state index contributed by atoms with van der Waals surface area (Å²) in [4.78, 5) is 0. The van der Waals surface area contributed by atoms with Crippen molar-refractivity contribution in [1.29, 1.82) is 0 Å². The Kier molecular flexibility index (Phi) is 4.21. The average molecular weight is 250 g/mol. The predicted molar refractivity (Wildman–Crippen MR) is 87.3 cm³/mol. The van der Waals surface area contributed by atoms with Crippen LogP contribution in [0.4, 0.5) is 0 Å². The van der Waals surface area contributed by atoms with Crippen molar-refractivity contribution < 1.29 is 0 Å². The molecule has 0 heteroatoms. The molecule has 0 aliphatic carbocycles. The fraction of sp³-hybridized carbons (Fsp3) is 0.263. The topological polar surface area (TPSA) is 0 Å². The van der Waals surface area contributed by atoms with Crippen molar-refractivity contribution in [3.8, 4) is 0 Å². The maximum absolute atomic E-state index is 2.30. The molecule has 0 aliphatic rings. The molecule has 0 amide bonds. The Balaban J connectivity index is 2.72. The van der Waals surface area contributed by atoms with Crippen LogP contribution in [0.15, 0.2) is 42.0 Å². The van der Waals surface area contributed by atoms with Gasteiger partial charge in [0.25, 0.3) is 0 Å². The summed E-state index contributed by atoms with van der Waals surface area (Å²) in [7, 11) is 0. The summed E-state index contributed by atoms with van der Waals surface area (Å²) in [6.07, 6.45) is 7.73. The first-order valence-electron chi connectivity index (χ1n) is 6.99. The maximum Gasteiger partial charge on any atom is -0.0105 e. The van der Waals surface area contributed by atoms with Crippen molar-refractivity contribution in [2.24, 2.45) is 0 Å². The van der Waals surface area contributed by atoms with Crippen LogP contribution in [0.5, 0.6) is 0 Å². The number of fused-ring (bicyclic) bond motifs is 1. The van der Waals surface area contributed by atoms with Gasteiger partial charge in [0.15, 0.2) is 0 Å². The molecule has 0 N–H and O–H groups in total. The molecule has 0 aliphatic heterocycles. The van der Waals surface area contributed by atoms with Crippen molar-refractivity contribution in [2.75, 3.05) is 0 Å². The molecule has 2 rings (SSSR count). The normalized spacial score (nSPS) is 12.5. The lowest BCUT2D eigenvalue weighted by atomic mass is 9.96.